The third-order valence-electron chi connectivity index (χ3n) is 3.26. The van der Waals surface area contributed by atoms with Crippen LogP contribution in [0.25, 0.3) is 0 Å². The smallest absolute Gasteiger partial charge is 0.163 e. The Morgan fingerprint density at radius 3 is 2.84 bits per heavy atom. The molecule has 0 atom stereocenters. The molecule has 4 nitrogen and oxygen atoms in total. The molecule has 1 aliphatic rings. The Balaban J connectivity index is 2.11. The van der Waals surface area contributed by atoms with Gasteiger partial charge in [0.05, 0.1) is 20.3 Å². The molecule has 0 aliphatic carbocycles. The Hall–Kier alpha value is -1.55. The number of carbonyl (C=O) groups is 1. The number of aldehydes is 1. The molecule has 0 bridgehead atoms. The Morgan fingerprint density at radius 2 is 2.16 bits per heavy atom. The Kier molecular flexibility index (Phi) is 5.21. The van der Waals surface area contributed by atoms with Crippen molar-refractivity contribution in [3.05, 3.63) is 23.8 Å². The number of para-hydroxylation sites is 1. The van der Waals surface area contributed by atoms with Crippen LogP contribution in [0.1, 0.15) is 24.8 Å². The highest BCUT2D eigenvalue weighted by Crippen LogP contribution is 2.33. The number of benzene rings is 1. The topological polar surface area (TPSA) is 44.8 Å². The number of methoxy groups -OCH3 is 1. The Morgan fingerprint density at radius 1 is 1.37 bits per heavy atom. The first kappa shape index (κ1) is 13.9. The summed E-state index contributed by atoms with van der Waals surface area (Å²) in [6.07, 6.45) is 4.09. The van der Waals surface area contributed by atoms with Crippen LogP contribution in [0.2, 0.25) is 0 Å². The molecule has 1 aromatic rings. The van der Waals surface area contributed by atoms with Crippen LogP contribution in [0, 0.1) is 0 Å². The van der Waals surface area contributed by atoms with E-state index in [4.69, 9.17) is 14.2 Å². The van der Waals surface area contributed by atoms with Gasteiger partial charge in [0.15, 0.2) is 11.5 Å². The van der Waals surface area contributed by atoms with E-state index in [-0.39, 0.29) is 6.10 Å². The molecule has 1 aromatic carbocycles. The quantitative estimate of drug-likeness (QED) is 0.740. The van der Waals surface area contributed by atoms with Crippen LogP contribution in [-0.2, 0) is 16.0 Å². The van der Waals surface area contributed by atoms with Gasteiger partial charge in [0.2, 0.25) is 0 Å². The van der Waals surface area contributed by atoms with Crippen molar-refractivity contribution in [2.75, 3.05) is 20.3 Å². The number of carbonyl (C=O) groups excluding carboxylic acids is 1. The minimum atomic E-state index is 0.184. The molecule has 4 heteroatoms. The van der Waals surface area contributed by atoms with Gasteiger partial charge in [-0.3, -0.25) is 0 Å². The van der Waals surface area contributed by atoms with Crippen LogP contribution in [-0.4, -0.2) is 32.7 Å². The molecular weight excluding hydrogens is 244 g/mol. The molecule has 1 aliphatic heterocycles. The first-order chi connectivity index (χ1) is 9.35. The van der Waals surface area contributed by atoms with E-state index in [2.05, 4.69) is 0 Å². The van der Waals surface area contributed by atoms with Crippen molar-refractivity contribution in [3.63, 3.8) is 0 Å². The monoisotopic (exact) mass is 264 g/mol. The number of hydrogen-bond donors (Lipinski definition) is 0. The molecule has 1 fully saturated rings. The number of aryl methyl sites for hydroxylation is 1. The maximum atomic E-state index is 10.5. The molecule has 2 rings (SSSR count). The summed E-state index contributed by atoms with van der Waals surface area (Å²) in [5.74, 6) is 1.51. The van der Waals surface area contributed by atoms with Gasteiger partial charge in [-0.05, 0) is 18.1 Å². The summed E-state index contributed by atoms with van der Waals surface area (Å²) in [5.41, 5.74) is 1.01. The van der Waals surface area contributed by atoms with Crippen LogP contribution < -0.4 is 9.47 Å². The lowest BCUT2D eigenvalue weighted by atomic mass is 10.1. The molecule has 0 unspecified atom stereocenters. The van der Waals surface area contributed by atoms with Crippen LogP contribution in [0.5, 0.6) is 11.5 Å². The van der Waals surface area contributed by atoms with Gasteiger partial charge in [0.25, 0.3) is 0 Å². The summed E-state index contributed by atoms with van der Waals surface area (Å²) >= 11 is 0. The summed E-state index contributed by atoms with van der Waals surface area (Å²) in [6.45, 7) is 1.50. The Labute approximate surface area is 113 Å². The van der Waals surface area contributed by atoms with Gasteiger partial charge in [-0.1, -0.05) is 12.1 Å². The molecule has 104 valence electrons. The van der Waals surface area contributed by atoms with Gasteiger partial charge < -0.3 is 19.0 Å². The minimum Gasteiger partial charge on any atom is -0.493 e. The van der Waals surface area contributed by atoms with Gasteiger partial charge in [-0.25, -0.2) is 0 Å². The molecule has 0 aromatic heterocycles. The minimum absolute atomic E-state index is 0.184. The molecule has 0 radical (unpaired) electrons. The van der Waals surface area contributed by atoms with Crippen molar-refractivity contribution >= 4 is 6.29 Å². The summed E-state index contributed by atoms with van der Waals surface area (Å²) in [5, 5.41) is 0. The van der Waals surface area contributed by atoms with E-state index in [1.807, 2.05) is 18.2 Å². The average molecular weight is 264 g/mol. The average Bonchev–Trinajstić information content (AvgIpc) is 2.46. The lowest BCUT2D eigenvalue weighted by Crippen LogP contribution is -2.26. The number of rotatable bonds is 6. The SMILES string of the molecule is COc1c(CCC=O)cccc1OC1CCOCC1. The van der Waals surface area contributed by atoms with Crippen LogP contribution >= 0.6 is 0 Å². The zero-order chi connectivity index (χ0) is 13.5. The zero-order valence-corrected chi connectivity index (χ0v) is 11.3. The highest BCUT2D eigenvalue weighted by Gasteiger charge is 2.18. The fraction of sp³-hybridized carbons (Fsp3) is 0.533. The zero-order valence-electron chi connectivity index (χ0n) is 11.3. The van der Waals surface area contributed by atoms with Crippen molar-refractivity contribution in [3.8, 4) is 11.5 Å². The molecule has 19 heavy (non-hydrogen) atoms. The molecule has 1 heterocycles. The van der Waals surface area contributed by atoms with Gasteiger partial charge in [-0.15, -0.1) is 0 Å². The van der Waals surface area contributed by atoms with E-state index in [1.54, 1.807) is 7.11 Å². The van der Waals surface area contributed by atoms with Gasteiger partial charge in [0, 0.05) is 19.3 Å². The molecule has 0 saturated carbocycles. The van der Waals surface area contributed by atoms with Crippen LogP contribution in [0.15, 0.2) is 18.2 Å². The normalized spacial score (nSPS) is 16.1. The second-order valence-corrected chi connectivity index (χ2v) is 4.58. The van der Waals surface area contributed by atoms with E-state index in [0.717, 1.165) is 49.4 Å². The summed E-state index contributed by atoms with van der Waals surface area (Å²) in [6, 6.07) is 5.83. The predicted octanol–water partition coefficient (Wildman–Crippen LogP) is 2.38. The molecule has 1 saturated heterocycles. The van der Waals surface area contributed by atoms with Crippen molar-refractivity contribution in [1.29, 1.82) is 0 Å². The fourth-order valence-electron chi connectivity index (χ4n) is 2.27. The standard InChI is InChI=1S/C15H20O4/c1-17-15-12(5-3-9-16)4-2-6-14(15)19-13-7-10-18-11-8-13/h2,4,6,9,13H,3,5,7-8,10-11H2,1H3. The highest BCUT2D eigenvalue weighted by atomic mass is 16.5. The first-order valence-corrected chi connectivity index (χ1v) is 6.69. The van der Waals surface area contributed by atoms with E-state index in [0.29, 0.717) is 12.8 Å². The van der Waals surface area contributed by atoms with Crippen molar-refractivity contribution < 1.29 is 19.0 Å². The lowest BCUT2D eigenvalue weighted by Gasteiger charge is -2.24. The second kappa shape index (κ2) is 7.14. The first-order valence-electron chi connectivity index (χ1n) is 6.69. The third-order valence-corrected chi connectivity index (χ3v) is 3.26. The number of hydrogen-bond acceptors (Lipinski definition) is 4. The van der Waals surface area contributed by atoms with Gasteiger partial charge >= 0.3 is 0 Å². The molecular formula is C15H20O4. The molecule has 0 amide bonds. The fourth-order valence-corrected chi connectivity index (χ4v) is 2.27. The van der Waals surface area contributed by atoms with E-state index >= 15 is 0 Å². The lowest BCUT2D eigenvalue weighted by molar-refractivity contribution is -0.107. The van der Waals surface area contributed by atoms with Crippen molar-refractivity contribution in [1.82, 2.24) is 0 Å². The molecule has 0 N–H and O–H groups in total. The maximum Gasteiger partial charge on any atom is 0.163 e. The van der Waals surface area contributed by atoms with Crippen molar-refractivity contribution in [2.45, 2.75) is 31.8 Å². The van der Waals surface area contributed by atoms with Crippen LogP contribution in [0.4, 0.5) is 0 Å². The molecule has 0 spiro atoms. The maximum absolute atomic E-state index is 10.5. The number of ether oxygens (including phenoxy) is 3. The predicted molar refractivity (Wildman–Crippen MR) is 71.8 cm³/mol. The summed E-state index contributed by atoms with van der Waals surface area (Å²) < 4.78 is 16.8. The van der Waals surface area contributed by atoms with Crippen molar-refractivity contribution in [2.24, 2.45) is 0 Å². The highest BCUT2D eigenvalue weighted by molar-refractivity contribution is 5.53. The van der Waals surface area contributed by atoms with Gasteiger partial charge in [-0.2, -0.15) is 0 Å². The van der Waals surface area contributed by atoms with E-state index in [1.165, 1.54) is 0 Å². The second-order valence-electron chi connectivity index (χ2n) is 4.58. The van der Waals surface area contributed by atoms with Crippen LogP contribution in [0.3, 0.4) is 0 Å². The summed E-state index contributed by atoms with van der Waals surface area (Å²) in [7, 11) is 1.64. The summed E-state index contributed by atoms with van der Waals surface area (Å²) in [4.78, 5) is 10.5. The largest absolute Gasteiger partial charge is 0.493 e. The van der Waals surface area contributed by atoms with E-state index in [9.17, 15) is 4.79 Å². The third kappa shape index (κ3) is 3.70. The van der Waals surface area contributed by atoms with E-state index < -0.39 is 0 Å². The van der Waals surface area contributed by atoms with Gasteiger partial charge in [0.1, 0.15) is 12.4 Å². The Bertz CT molecular complexity index is 411.